The monoisotopic (exact) mass is 369 g/mol. The van der Waals surface area contributed by atoms with Crippen molar-refractivity contribution < 1.29 is 14.3 Å². The first kappa shape index (κ1) is 17.9. The van der Waals surface area contributed by atoms with Crippen molar-refractivity contribution >= 4 is 38.8 Å². The number of rotatable bonds is 6. The lowest BCUT2D eigenvalue weighted by Gasteiger charge is -2.10. The van der Waals surface area contributed by atoms with Crippen LogP contribution in [0.4, 0.5) is 5.13 Å². The number of anilines is 1. The zero-order valence-electron chi connectivity index (χ0n) is 14.8. The van der Waals surface area contributed by atoms with Crippen molar-refractivity contribution in [2.75, 3.05) is 18.7 Å². The van der Waals surface area contributed by atoms with Crippen LogP contribution in [-0.4, -0.2) is 30.8 Å². The van der Waals surface area contributed by atoms with E-state index < -0.39 is 0 Å². The predicted octanol–water partition coefficient (Wildman–Crippen LogP) is 4.09. The van der Waals surface area contributed by atoms with Crippen molar-refractivity contribution in [2.45, 2.75) is 13.8 Å². The molecule has 1 amide bonds. The van der Waals surface area contributed by atoms with E-state index in [1.165, 1.54) is 23.3 Å². The number of hydrogen-bond acceptors (Lipinski definition) is 6. The summed E-state index contributed by atoms with van der Waals surface area (Å²) in [4.78, 5) is 16.5. The minimum Gasteiger partial charge on any atom is -0.497 e. The first-order valence-electron chi connectivity index (χ1n) is 8.13. The van der Waals surface area contributed by atoms with Crippen LogP contribution in [0, 0.1) is 0 Å². The number of methoxy groups -OCH3 is 1. The quantitative estimate of drug-likeness (QED) is 0.485. The number of nitrogens with zero attached hydrogens (tertiary/aromatic N) is 3. The van der Waals surface area contributed by atoms with E-state index in [-0.39, 0.29) is 5.91 Å². The summed E-state index contributed by atoms with van der Waals surface area (Å²) in [7, 11) is 1.62. The smallest absolute Gasteiger partial charge is 0.246 e. The summed E-state index contributed by atoms with van der Waals surface area (Å²) >= 11 is 1.39. The molecule has 1 heterocycles. The SMILES string of the molecule is CCOc1ccc(/C=N/N(C(C)=O)c2nc3ccc(OC)cc3s2)cc1. The fourth-order valence-electron chi connectivity index (χ4n) is 2.32. The number of hydrazone groups is 1. The molecule has 134 valence electrons. The zero-order valence-corrected chi connectivity index (χ0v) is 15.6. The second-order valence-electron chi connectivity index (χ2n) is 5.41. The van der Waals surface area contributed by atoms with Gasteiger partial charge in [0.05, 0.1) is 30.1 Å². The number of amides is 1. The van der Waals surface area contributed by atoms with Crippen LogP contribution in [0.25, 0.3) is 10.2 Å². The number of fused-ring (bicyclic) bond motifs is 1. The summed E-state index contributed by atoms with van der Waals surface area (Å²) in [5.41, 5.74) is 1.66. The minimum absolute atomic E-state index is 0.210. The maximum atomic E-state index is 12.0. The van der Waals surface area contributed by atoms with E-state index in [1.807, 2.05) is 49.4 Å². The minimum atomic E-state index is -0.210. The number of hydrogen-bond donors (Lipinski definition) is 0. The summed E-state index contributed by atoms with van der Waals surface area (Å²) in [6.45, 7) is 4.02. The topological polar surface area (TPSA) is 64.0 Å². The lowest BCUT2D eigenvalue weighted by molar-refractivity contribution is -0.116. The molecular weight excluding hydrogens is 350 g/mol. The van der Waals surface area contributed by atoms with Crippen LogP contribution in [0.1, 0.15) is 19.4 Å². The zero-order chi connectivity index (χ0) is 18.5. The third-order valence-corrected chi connectivity index (χ3v) is 4.57. The Labute approximate surface area is 155 Å². The van der Waals surface area contributed by atoms with Gasteiger partial charge in [0.25, 0.3) is 0 Å². The van der Waals surface area contributed by atoms with E-state index in [2.05, 4.69) is 10.1 Å². The van der Waals surface area contributed by atoms with Gasteiger partial charge in [-0.1, -0.05) is 11.3 Å². The molecule has 3 rings (SSSR count). The first-order chi connectivity index (χ1) is 12.6. The van der Waals surface area contributed by atoms with E-state index in [9.17, 15) is 4.79 Å². The van der Waals surface area contributed by atoms with Crippen LogP contribution in [0.5, 0.6) is 11.5 Å². The van der Waals surface area contributed by atoms with Crippen LogP contribution in [-0.2, 0) is 4.79 Å². The van der Waals surface area contributed by atoms with E-state index in [0.717, 1.165) is 27.3 Å². The number of thiazole rings is 1. The van der Waals surface area contributed by atoms with E-state index >= 15 is 0 Å². The largest absolute Gasteiger partial charge is 0.497 e. The van der Waals surface area contributed by atoms with Crippen molar-refractivity contribution in [1.82, 2.24) is 4.98 Å². The summed E-state index contributed by atoms with van der Waals surface area (Å²) < 4.78 is 11.6. The second-order valence-corrected chi connectivity index (χ2v) is 6.42. The fourth-order valence-corrected chi connectivity index (χ4v) is 3.31. The molecule has 0 unspecified atom stereocenters. The van der Waals surface area contributed by atoms with Gasteiger partial charge >= 0.3 is 0 Å². The molecular formula is C19H19N3O3S. The predicted molar refractivity (Wildman–Crippen MR) is 105 cm³/mol. The molecule has 6 nitrogen and oxygen atoms in total. The molecule has 1 aromatic heterocycles. The van der Waals surface area contributed by atoms with Crippen LogP contribution in [0.2, 0.25) is 0 Å². The third-order valence-electron chi connectivity index (χ3n) is 3.58. The van der Waals surface area contributed by atoms with Gasteiger partial charge in [0.15, 0.2) is 0 Å². The van der Waals surface area contributed by atoms with Crippen LogP contribution in [0.3, 0.4) is 0 Å². The Hall–Kier alpha value is -2.93. The van der Waals surface area contributed by atoms with Gasteiger partial charge in [0.1, 0.15) is 11.5 Å². The summed E-state index contributed by atoms with van der Waals surface area (Å²) in [5, 5.41) is 6.13. The molecule has 0 radical (unpaired) electrons. The molecule has 26 heavy (non-hydrogen) atoms. The molecule has 0 spiro atoms. The molecule has 0 fully saturated rings. The molecule has 0 N–H and O–H groups in total. The molecule has 7 heteroatoms. The van der Waals surface area contributed by atoms with Gasteiger partial charge in [-0.2, -0.15) is 10.1 Å². The number of ether oxygens (including phenoxy) is 2. The van der Waals surface area contributed by atoms with Crippen LogP contribution >= 0.6 is 11.3 Å². The van der Waals surface area contributed by atoms with Gasteiger partial charge in [0.2, 0.25) is 11.0 Å². The normalized spacial score (nSPS) is 11.0. The lowest BCUT2D eigenvalue weighted by Crippen LogP contribution is -2.22. The van der Waals surface area contributed by atoms with Crippen molar-refractivity contribution in [3.63, 3.8) is 0 Å². The van der Waals surface area contributed by atoms with Gasteiger partial charge in [-0.25, -0.2) is 4.98 Å². The summed E-state index contributed by atoms with van der Waals surface area (Å²) in [6.07, 6.45) is 1.63. The average molecular weight is 369 g/mol. The highest BCUT2D eigenvalue weighted by atomic mass is 32.1. The average Bonchev–Trinajstić information content (AvgIpc) is 3.05. The highest BCUT2D eigenvalue weighted by Crippen LogP contribution is 2.31. The molecule has 0 aliphatic heterocycles. The number of aromatic nitrogens is 1. The molecule has 0 aliphatic rings. The molecule has 0 aliphatic carbocycles. The highest BCUT2D eigenvalue weighted by molar-refractivity contribution is 7.22. The number of benzene rings is 2. The van der Waals surface area contributed by atoms with Crippen molar-refractivity contribution in [3.8, 4) is 11.5 Å². The van der Waals surface area contributed by atoms with E-state index in [0.29, 0.717) is 11.7 Å². The molecule has 0 atom stereocenters. The van der Waals surface area contributed by atoms with Crippen LogP contribution < -0.4 is 14.5 Å². The van der Waals surface area contributed by atoms with Gasteiger partial charge in [-0.15, -0.1) is 0 Å². The maximum absolute atomic E-state index is 12.0. The summed E-state index contributed by atoms with van der Waals surface area (Å²) in [6, 6.07) is 13.1. The van der Waals surface area contributed by atoms with Crippen LogP contribution in [0.15, 0.2) is 47.6 Å². The molecule has 2 aromatic carbocycles. The number of carbonyl (C=O) groups excluding carboxylic acids is 1. The van der Waals surface area contributed by atoms with E-state index in [1.54, 1.807) is 13.3 Å². The second kappa shape index (κ2) is 7.97. The van der Waals surface area contributed by atoms with Crippen molar-refractivity contribution in [1.29, 1.82) is 0 Å². The lowest BCUT2D eigenvalue weighted by atomic mass is 10.2. The Morgan fingerprint density at radius 3 is 2.62 bits per heavy atom. The fraction of sp³-hybridized carbons (Fsp3) is 0.211. The molecule has 0 saturated heterocycles. The van der Waals surface area contributed by atoms with Gasteiger partial charge < -0.3 is 9.47 Å². The van der Waals surface area contributed by atoms with Crippen molar-refractivity contribution in [3.05, 3.63) is 48.0 Å². The van der Waals surface area contributed by atoms with Gasteiger partial charge in [0, 0.05) is 6.92 Å². The first-order valence-corrected chi connectivity index (χ1v) is 8.94. The third kappa shape index (κ3) is 4.00. The Kier molecular flexibility index (Phi) is 5.48. The Balaban J connectivity index is 1.86. The van der Waals surface area contributed by atoms with Gasteiger partial charge in [-0.3, -0.25) is 4.79 Å². The maximum Gasteiger partial charge on any atom is 0.246 e. The Morgan fingerprint density at radius 2 is 1.96 bits per heavy atom. The molecule has 0 bridgehead atoms. The standard InChI is InChI=1S/C19H19N3O3S/c1-4-25-15-7-5-14(6-8-15)12-20-22(13(2)23)19-21-17-10-9-16(24-3)11-18(17)26-19/h5-12H,4H2,1-3H3/b20-12+. The Morgan fingerprint density at radius 1 is 1.23 bits per heavy atom. The van der Waals surface area contributed by atoms with E-state index in [4.69, 9.17) is 9.47 Å². The Bertz CT molecular complexity index is 935. The molecule has 0 saturated carbocycles. The summed E-state index contributed by atoms with van der Waals surface area (Å²) in [5.74, 6) is 1.34. The van der Waals surface area contributed by atoms with Gasteiger partial charge in [-0.05, 0) is 55.0 Å². The number of carbonyl (C=O) groups is 1. The van der Waals surface area contributed by atoms with Crippen molar-refractivity contribution in [2.24, 2.45) is 5.10 Å². The highest BCUT2D eigenvalue weighted by Gasteiger charge is 2.15. The molecule has 3 aromatic rings.